The Balaban J connectivity index is 1.73. The van der Waals surface area contributed by atoms with Crippen LogP contribution in [-0.2, 0) is 17.9 Å². The van der Waals surface area contributed by atoms with Gasteiger partial charge in [0.25, 0.3) is 0 Å². The topological polar surface area (TPSA) is 50.2 Å². The number of aromatic nitrogens is 2. The molecule has 5 heteroatoms. The molecular formula is C15H18N4O. The van der Waals surface area contributed by atoms with Crippen molar-refractivity contribution in [1.82, 2.24) is 14.9 Å². The largest absolute Gasteiger partial charge is 0.337 e. The second-order valence-electron chi connectivity index (χ2n) is 4.90. The molecule has 3 rings (SSSR count). The lowest BCUT2D eigenvalue weighted by atomic mass is 10.1. The van der Waals surface area contributed by atoms with Gasteiger partial charge in [0.05, 0.1) is 6.33 Å². The van der Waals surface area contributed by atoms with E-state index in [-0.39, 0.29) is 5.91 Å². The summed E-state index contributed by atoms with van der Waals surface area (Å²) in [5.41, 5.74) is 2.22. The van der Waals surface area contributed by atoms with Gasteiger partial charge in [-0.1, -0.05) is 18.2 Å². The summed E-state index contributed by atoms with van der Waals surface area (Å²) in [5, 5.41) is 3.35. The third-order valence-corrected chi connectivity index (χ3v) is 3.55. The van der Waals surface area contributed by atoms with Gasteiger partial charge in [-0.3, -0.25) is 4.79 Å². The summed E-state index contributed by atoms with van der Waals surface area (Å²) in [6.45, 7) is 3.04. The zero-order valence-electron chi connectivity index (χ0n) is 11.3. The molecule has 0 saturated heterocycles. The fourth-order valence-electron chi connectivity index (χ4n) is 2.50. The first kappa shape index (κ1) is 12.9. The van der Waals surface area contributed by atoms with Crippen LogP contribution in [0.1, 0.15) is 12.0 Å². The molecule has 104 valence electrons. The molecule has 1 aliphatic heterocycles. The molecule has 0 radical (unpaired) electrons. The molecule has 0 atom stereocenters. The Morgan fingerprint density at radius 2 is 2.25 bits per heavy atom. The zero-order valence-corrected chi connectivity index (χ0v) is 11.3. The number of benzene rings is 1. The maximum Gasteiger partial charge on any atom is 0.228 e. The van der Waals surface area contributed by atoms with E-state index in [0.29, 0.717) is 13.0 Å². The van der Waals surface area contributed by atoms with Crippen molar-refractivity contribution in [3.63, 3.8) is 0 Å². The minimum absolute atomic E-state index is 0.162. The van der Waals surface area contributed by atoms with Gasteiger partial charge in [0, 0.05) is 50.7 Å². The molecule has 0 saturated carbocycles. The van der Waals surface area contributed by atoms with E-state index >= 15 is 0 Å². The van der Waals surface area contributed by atoms with Gasteiger partial charge in [0.2, 0.25) is 5.91 Å². The molecule has 1 amide bonds. The summed E-state index contributed by atoms with van der Waals surface area (Å²) in [5.74, 6) is 0.162. The van der Waals surface area contributed by atoms with Crippen LogP contribution in [0.25, 0.3) is 0 Å². The van der Waals surface area contributed by atoms with Crippen molar-refractivity contribution < 1.29 is 4.79 Å². The number of nitrogens with one attached hydrogen (secondary N) is 1. The third kappa shape index (κ3) is 2.72. The summed E-state index contributed by atoms with van der Waals surface area (Å²) >= 11 is 0. The Bertz CT molecular complexity index is 579. The molecule has 0 aliphatic carbocycles. The molecule has 1 aromatic carbocycles. The molecule has 1 aromatic heterocycles. The first-order valence-corrected chi connectivity index (χ1v) is 6.89. The van der Waals surface area contributed by atoms with E-state index in [2.05, 4.69) is 16.4 Å². The van der Waals surface area contributed by atoms with Gasteiger partial charge in [-0.15, -0.1) is 0 Å². The minimum atomic E-state index is 0.162. The Labute approximate surface area is 118 Å². The van der Waals surface area contributed by atoms with Crippen molar-refractivity contribution in [3.05, 3.63) is 48.5 Å². The Morgan fingerprint density at radius 3 is 3.10 bits per heavy atom. The fourth-order valence-corrected chi connectivity index (χ4v) is 2.50. The molecule has 20 heavy (non-hydrogen) atoms. The van der Waals surface area contributed by atoms with E-state index < -0.39 is 0 Å². The quantitative estimate of drug-likeness (QED) is 0.917. The van der Waals surface area contributed by atoms with Crippen molar-refractivity contribution in [1.29, 1.82) is 0 Å². The number of imidazole rings is 1. The predicted octanol–water partition coefficient (Wildman–Crippen LogP) is 1.41. The van der Waals surface area contributed by atoms with Crippen LogP contribution in [0, 0.1) is 0 Å². The molecule has 2 aromatic rings. The number of carbonyl (C=O) groups excluding carboxylic acids is 1. The highest BCUT2D eigenvalue weighted by Crippen LogP contribution is 2.22. The summed E-state index contributed by atoms with van der Waals surface area (Å²) in [6.07, 6.45) is 5.84. The van der Waals surface area contributed by atoms with Crippen LogP contribution in [-0.4, -0.2) is 28.5 Å². The van der Waals surface area contributed by atoms with Crippen molar-refractivity contribution in [2.45, 2.75) is 19.5 Å². The number of anilines is 1. The molecule has 1 aliphatic rings. The van der Waals surface area contributed by atoms with Gasteiger partial charge < -0.3 is 14.8 Å². The van der Waals surface area contributed by atoms with Gasteiger partial charge in [0.1, 0.15) is 0 Å². The summed E-state index contributed by atoms with van der Waals surface area (Å²) in [4.78, 5) is 18.4. The monoisotopic (exact) mass is 270 g/mol. The number of fused-ring (bicyclic) bond motifs is 1. The van der Waals surface area contributed by atoms with E-state index in [1.54, 1.807) is 12.5 Å². The second kappa shape index (κ2) is 5.88. The highest BCUT2D eigenvalue weighted by Gasteiger charge is 2.20. The Hall–Kier alpha value is -2.14. The predicted molar refractivity (Wildman–Crippen MR) is 77.3 cm³/mol. The molecule has 0 unspecified atom stereocenters. The average molecular weight is 270 g/mol. The van der Waals surface area contributed by atoms with Gasteiger partial charge in [0.15, 0.2) is 0 Å². The van der Waals surface area contributed by atoms with E-state index in [4.69, 9.17) is 0 Å². The summed E-state index contributed by atoms with van der Waals surface area (Å²) in [6, 6.07) is 8.10. The first-order valence-electron chi connectivity index (χ1n) is 6.89. The number of amides is 1. The number of rotatable bonds is 3. The van der Waals surface area contributed by atoms with E-state index in [1.807, 2.05) is 33.9 Å². The maximum atomic E-state index is 12.5. The number of para-hydroxylation sites is 1. The van der Waals surface area contributed by atoms with Gasteiger partial charge in [-0.05, 0) is 11.6 Å². The first-order chi connectivity index (χ1) is 9.84. The van der Waals surface area contributed by atoms with Gasteiger partial charge in [-0.2, -0.15) is 0 Å². The zero-order chi connectivity index (χ0) is 13.8. The van der Waals surface area contributed by atoms with Crippen molar-refractivity contribution >= 4 is 11.6 Å². The Morgan fingerprint density at radius 1 is 1.35 bits per heavy atom. The minimum Gasteiger partial charge on any atom is -0.337 e. The van der Waals surface area contributed by atoms with E-state index in [0.717, 1.165) is 25.3 Å². The highest BCUT2D eigenvalue weighted by atomic mass is 16.2. The smallest absolute Gasteiger partial charge is 0.228 e. The third-order valence-electron chi connectivity index (χ3n) is 3.55. The summed E-state index contributed by atoms with van der Waals surface area (Å²) in [7, 11) is 0. The molecule has 0 bridgehead atoms. The number of nitrogens with zero attached hydrogens (tertiary/aromatic N) is 3. The van der Waals surface area contributed by atoms with Gasteiger partial charge >= 0.3 is 0 Å². The van der Waals surface area contributed by atoms with Gasteiger partial charge in [-0.25, -0.2) is 4.98 Å². The van der Waals surface area contributed by atoms with Crippen LogP contribution >= 0.6 is 0 Å². The standard InChI is InChI=1S/C15H18N4O/c20-15(5-8-18-9-6-17-12-18)19-10-7-16-11-13-3-1-2-4-14(13)19/h1-4,6,9,12,16H,5,7-8,10-11H2. The lowest BCUT2D eigenvalue weighted by Crippen LogP contribution is -2.35. The lowest BCUT2D eigenvalue weighted by molar-refractivity contribution is -0.118. The summed E-state index contributed by atoms with van der Waals surface area (Å²) < 4.78 is 1.93. The second-order valence-corrected chi connectivity index (χ2v) is 4.90. The molecule has 5 nitrogen and oxygen atoms in total. The van der Waals surface area contributed by atoms with Crippen molar-refractivity contribution in [2.75, 3.05) is 18.0 Å². The highest BCUT2D eigenvalue weighted by molar-refractivity contribution is 5.94. The normalized spacial score (nSPS) is 14.7. The van der Waals surface area contributed by atoms with Crippen molar-refractivity contribution in [3.8, 4) is 0 Å². The number of hydrogen-bond donors (Lipinski definition) is 1. The van der Waals surface area contributed by atoms with Crippen LogP contribution in [0.3, 0.4) is 0 Å². The van der Waals surface area contributed by atoms with E-state index in [9.17, 15) is 4.79 Å². The molecule has 0 spiro atoms. The average Bonchev–Trinajstić information content (AvgIpc) is 2.90. The molecule has 2 heterocycles. The maximum absolute atomic E-state index is 12.5. The van der Waals surface area contributed by atoms with Crippen molar-refractivity contribution in [2.24, 2.45) is 0 Å². The number of hydrogen-bond acceptors (Lipinski definition) is 3. The van der Waals surface area contributed by atoms with Crippen LogP contribution in [0.15, 0.2) is 43.0 Å². The molecule has 1 N–H and O–H groups in total. The fraction of sp³-hybridized carbons (Fsp3) is 0.333. The van der Waals surface area contributed by atoms with E-state index in [1.165, 1.54) is 5.56 Å². The SMILES string of the molecule is O=C(CCn1ccnc1)N1CCNCc2ccccc21. The van der Waals surface area contributed by atoms with Crippen LogP contribution < -0.4 is 10.2 Å². The number of carbonyl (C=O) groups is 1. The van der Waals surface area contributed by atoms with Crippen LogP contribution in [0.5, 0.6) is 0 Å². The van der Waals surface area contributed by atoms with Crippen LogP contribution in [0.2, 0.25) is 0 Å². The van der Waals surface area contributed by atoms with Crippen LogP contribution in [0.4, 0.5) is 5.69 Å². The number of aryl methyl sites for hydroxylation is 1. The molecular weight excluding hydrogens is 252 g/mol. The Kier molecular flexibility index (Phi) is 3.78. The lowest BCUT2D eigenvalue weighted by Gasteiger charge is -2.22. The molecule has 0 fully saturated rings.